The van der Waals surface area contributed by atoms with Gasteiger partial charge in [-0.15, -0.1) is 0 Å². The number of hydrogen-bond donors (Lipinski definition) is 1. The zero-order valence-electron chi connectivity index (χ0n) is 14.7. The Morgan fingerprint density at radius 1 is 1.36 bits per heavy atom. The van der Waals surface area contributed by atoms with Gasteiger partial charge in [-0.25, -0.2) is 18.2 Å². The molecule has 0 saturated carbocycles. The van der Waals surface area contributed by atoms with Crippen LogP contribution in [-0.4, -0.2) is 53.3 Å². The summed E-state index contributed by atoms with van der Waals surface area (Å²) in [5.74, 6) is -0.161. The first-order valence-corrected chi connectivity index (χ1v) is 9.98. The third-order valence-electron chi connectivity index (χ3n) is 4.08. The second-order valence-electron chi connectivity index (χ2n) is 7.31. The van der Waals surface area contributed by atoms with Gasteiger partial charge in [0.15, 0.2) is 0 Å². The van der Waals surface area contributed by atoms with E-state index in [2.05, 4.69) is 9.97 Å². The highest BCUT2D eigenvalue weighted by Crippen LogP contribution is 2.24. The Kier molecular flexibility index (Phi) is 4.49. The molecule has 1 unspecified atom stereocenters. The van der Waals surface area contributed by atoms with Gasteiger partial charge in [0.2, 0.25) is 15.0 Å². The van der Waals surface area contributed by atoms with Crippen molar-refractivity contribution < 1.29 is 17.9 Å². The van der Waals surface area contributed by atoms with E-state index in [0.29, 0.717) is 24.0 Å². The summed E-state index contributed by atoms with van der Waals surface area (Å²) in [7, 11) is -3.63. The molecule has 0 spiro atoms. The number of aromatic nitrogens is 2. The Balaban J connectivity index is 1.78. The normalized spacial score (nSPS) is 18.7. The van der Waals surface area contributed by atoms with E-state index in [4.69, 9.17) is 4.74 Å². The molecule has 1 fully saturated rings. The second-order valence-corrected chi connectivity index (χ2v) is 9.26. The minimum Gasteiger partial charge on any atom is -0.444 e. The number of likely N-dealkylation sites (tertiary alicyclic amines) is 1. The van der Waals surface area contributed by atoms with Gasteiger partial charge in [-0.1, -0.05) is 12.1 Å². The van der Waals surface area contributed by atoms with E-state index in [0.717, 1.165) is 6.42 Å². The molecule has 0 radical (unpaired) electrons. The summed E-state index contributed by atoms with van der Waals surface area (Å²) in [6.07, 6.45) is 0.938. The summed E-state index contributed by atoms with van der Waals surface area (Å²) in [5, 5.41) is -0.0512. The van der Waals surface area contributed by atoms with E-state index in [1.165, 1.54) is 4.90 Å². The summed E-state index contributed by atoms with van der Waals surface area (Å²) in [6.45, 7) is 5.89. The highest BCUT2D eigenvalue weighted by atomic mass is 32.2. The number of sulfone groups is 1. The fourth-order valence-electron chi connectivity index (χ4n) is 2.98. The molecule has 8 heteroatoms. The molecule has 3 rings (SSSR count). The van der Waals surface area contributed by atoms with Crippen LogP contribution in [0.4, 0.5) is 4.79 Å². The fourth-order valence-corrected chi connectivity index (χ4v) is 4.49. The van der Waals surface area contributed by atoms with Gasteiger partial charge in [0.25, 0.3) is 0 Å². The van der Waals surface area contributed by atoms with Gasteiger partial charge in [-0.3, -0.25) is 0 Å². The monoisotopic (exact) mass is 365 g/mol. The fraction of sp³-hybridized carbons (Fsp3) is 0.529. The number of nitrogens with one attached hydrogen (secondary N) is 1. The van der Waals surface area contributed by atoms with E-state index >= 15 is 0 Å². The van der Waals surface area contributed by atoms with Crippen LogP contribution in [0.1, 0.15) is 33.6 Å². The maximum atomic E-state index is 12.7. The number of ether oxygens (including phenoxy) is 1. The van der Waals surface area contributed by atoms with E-state index in [-0.39, 0.29) is 10.9 Å². The van der Waals surface area contributed by atoms with Crippen LogP contribution in [0.2, 0.25) is 0 Å². The van der Waals surface area contributed by atoms with Gasteiger partial charge >= 0.3 is 6.09 Å². The minimum atomic E-state index is -3.63. The van der Waals surface area contributed by atoms with Crippen molar-refractivity contribution in [3.05, 3.63) is 24.3 Å². The zero-order valence-corrected chi connectivity index (χ0v) is 15.5. The van der Waals surface area contributed by atoms with Gasteiger partial charge in [-0.05, 0) is 45.7 Å². The zero-order chi connectivity index (χ0) is 18.2. The third kappa shape index (κ3) is 3.95. The smallest absolute Gasteiger partial charge is 0.410 e. The Morgan fingerprint density at radius 2 is 2.08 bits per heavy atom. The highest BCUT2D eigenvalue weighted by molar-refractivity contribution is 7.91. The van der Waals surface area contributed by atoms with Crippen molar-refractivity contribution in [2.45, 2.75) is 50.4 Å². The molecule has 1 aliphatic rings. The van der Waals surface area contributed by atoms with Crippen molar-refractivity contribution in [3.63, 3.8) is 0 Å². The van der Waals surface area contributed by atoms with Crippen molar-refractivity contribution in [1.29, 1.82) is 0 Å². The van der Waals surface area contributed by atoms with E-state index < -0.39 is 27.6 Å². The van der Waals surface area contributed by atoms with Crippen molar-refractivity contribution in [2.75, 3.05) is 12.3 Å². The van der Waals surface area contributed by atoms with E-state index in [9.17, 15) is 13.2 Å². The predicted molar refractivity (Wildman–Crippen MR) is 94.1 cm³/mol. The Hall–Kier alpha value is -2.09. The quantitative estimate of drug-likeness (QED) is 0.903. The molecule has 1 atom stereocenters. The van der Waals surface area contributed by atoms with Crippen LogP contribution in [0.15, 0.2) is 29.4 Å². The van der Waals surface area contributed by atoms with Crippen LogP contribution in [0.3, 0.4) is 0 Å². The average Bonchev–Trinajstić information content (AvgIpc) is 3.11. The maximum absolute atomic E-state index is 12.7. The summed E-state index contributed by atoms with van der Waals surface area (Å²) >= 11 is 0. The van der Waals surface area contributed by atoms with Gasteiger partial charge in [-0.2, -0.15) is 0 Å². The molecule has 1 aromatic heterocycles. The molecule has 2 heterocycles. The highest BCUT2D eigenvalue weighted by Gasteiger charge is 2.36. The molecule has 2 aromatic rings. The van der Waals surface area contributed by atoms with Gasteiger partial charge in [0.1, 0.15) is 5.60 Å². The lowest BCUT2D eigenvalue weighted by atomic mass is 10.2. The summed E-state index contributed by atoms with van der Waals surface area (Å²) in [6, 6.07) is 6.77. The minimum absolute atomic E-state index is 0.0512. The Morgan fingerprint density at radius 3 is 2.76 bits per heavy atom. The first-order chi connectivity index (χ1) is 11.7. The Bertz CT molecular complexity index is 850. The third-order valence-corrected chi connectivity index (χ3v) is 5.69. The molecule has 1 aliphatic heterocycles. The number of para-hydroxylation sites is 2. The number of carbonyl (C=O) groups excluding carboxylic acids is 1. The van der Waals surface area contributed by atoms with Gasteiger partial charge < -0.3 is 14.6 Å². The van der Waals surface area contributed by atoms with Crippen LogP contribution in [-0.2, 0) is 14.6 Å². The first kappa shape index (κ1) is 17.7. The van der Waals surface area contributed by atoms with E-state index in [1.807, 2.05) is 6.07 Å². The molecular formula is C17H23N3O4S. The standard InChI is InChI=1S/C17H23N3O4S/c1-17(2,3)24-16(21)20-10-6-7-12(20)11-25(22,23)15-18-13-8-4-5-9-14(13)19-15/h4-5,8-9,12H,6-7,10-11H2,1-3H3,(H,18,19). The lowest BCUT2D eigenvalue weighted by Crippen LogP contribution is -2.42. The van der Waals surface area contributed by atoms with Gasteiger partial charge in [0, 0.05) is 12.6 Å². The number of aromatic amines is 1. The van der Waals surface area contributed by atoms with Crippen LogP contribution in [0, 0.1) is 0 Å². The van der Waals surface area contributed by atoms with Crippen molar-refractivity contribution in [1.82, 2.24) is 14.9 Å². The SMILES string of the molecule is CC(C)(C)OC(=O)N1CCCC1CS(=O)(=O)c1nc2ccccc2[nH]1. The van der Waals surface area contributed by atoms with Crippen molar-refractivity contribution in [2.24, 2.45) is 0 Å². The number of rotatable bonds is 3. The topological polar surface area (TPSA) is 92.4 Å². The molecule has 0 aliphatic carbocycles. The van der Waals surface area contributed by atoms with Crippen LogP contribution < -0.4 is 0 Å². The number of carbonyl (C=O) groups is 1. The molecular weight excluding hydrogens is 342 g/mol. The molecule has 25 heavy (non-hydrogen) atoms. The molecule has 1 N–H and O–H groups in total. The number of H-pyrrole nitrogens is 1. The van der Waals surface area contributed by atoms with Crippen LogP contribution in [0.5, 0.6) is 0 Å². The second kappa shape index (κ2) is 6.33. The summed E-state index contributed by atoms with van der Waals surface area (Å²) < 4.78 is 30.9. The summed E-state index contributed by atoms with van der Waals surface area (Å²) in [5.41, 5.74) is 0.676. The molecule has 136 valence electrons. The molecule has 7 nitrogen and oxygen atoms in total. The predicted octanol–water partition coefficient (Wildman–Crippen LogP) is 2.74. The number of hydrogen-bond acceptors (Lipinski definition) is 5. The first-order valence-electron chi connectivity index (χ1n) is 8.33. The largest absolute Gasteiger partial charge is 0.444 e. The lowest BCUT2D eigenvalue weighted by molar-refractivity contribution is 0.0241. The molecule has 1 saturated heterocycles. The number of benzene rings is 1. The van der Waals surface area contributed by atoms with Crippen molar-refractivity contribution >= 4 is 27.0 Å². The molecule has 0 bridgehead atoms. The van der Waals surface area contributed by atoms with Crippen molar-refractivity contribution in [3.8, 4) is 0 Å². The lowest BCUT2D eigenvalue weighted by Gasteiger charge is -2.28. The number of fused-ring (bicyclic) bond motifs is 1. The average molecular weight is 365 g/mol. The number of imidazole rings is 1. The molecule has 1 amide bonds. The van der Waals surface area contributed by atoms with Gasteiger partial charge in [0.05, 0.1) is 16.8 Å². The van der Waals surface area contributed by atoms with Crippen LogP contribution >= 0.6 is 0 Å². The van der Waals surface area contributed by atoms with E-state index in [1.54, 1.807) is 39.0 Å². The number of nitrogens with zero attached hydrogens (tertiary/aromatic N) is 2. The number of amides is 1. The maximum Gasteiger partial charge on any atom is 0.410 e. The Labute approximate surface area is 147 Å². The molecule has 1 aromatic carbocycles. The van der Waals surface area contributed by atoms with Crippen LogP contribution in [0.25, 0.3) is 11.0 Å². The summed E-state index contributed by atoms with van der Waals surface area (Å²) in [4.78, 5) is 20.9.